The highest BCUT2D eigenvalue weighted by Crippen LogP contribution is 2.39. The molecule has 2 aromatic rings. The predicted molar refractivity (Wildman–Crippen MR) is 108 cm³/mol. The Morgan fingerprint density at radius 2 is 1.75 bits per heavy atom. The third-order valence-electron chi connectivity index (χ3n) is 4.80. The number of methoxy groups -OCH3 is 1. The van der Waals surface area contributed by atoms with Crippen molar-refractivity contribution in [1.29, 1.82) is 0 Å². The van der Waals surface area contributed by atoms with Crippen molar-refractivity contribution in [3.8, 4) is 0 Å². The maximum atomic E-state index is 12.8. The van der Waals surface area contributed by atoms with Crippen LogP contribution in [0.25, 0.3) is 5.76 Å². The number of nitrogens with zero attached hydrogens (tertiary/aromatic N) is 1. The van der Waals surface area contributed by atoms with Crippen molar-refractivity contribution >= 4 is 29.1 Å². The van der Waals surface area contributed by atoms with Crippen molar-refractivity contribution in [3.63, 3.8) is 0 Å². The monoisotopic (exact) mass is 399 g/mol. The summed E-state index contributed by atoms with van der Waals surface area (Å²) in [5.74, 6) is -1.48. The van der Waals surface area contributed by atoms with E-state index in [1.807, 2.05) is 19.1 Å². The number of hydrogen-bond donors (Lipinski definition) is 1. The van der Waals surface area contributed by atoms with Crippen molar-refractivity contribution < 1.29 is 19.4 Å². The molecule has 3 rings (SSSR count). The summed E-state index contributed by atoms with van der Waals surface area (Å²) in [5.41, 5.74) is 2.34. The number of ketones is 1. The van der Waals surface area contributed by atoms with Crippen molar-refractivity contribution in [1.82, 2.24) is 4.90 Å². The molecule has 0 spiro atoms. The molecule has 146 valence electrons. The average Bonchev–Trinajstić information content (AvgIpc) is 2.94. The Balaban J connectivity index is 2.10. The fourth-order valence-corrected chi connectivity index (χ4v) is 3.47. The van der Waals surface area contributed by atoms with Crippen LogP contribution in [0.5, 0.6) is 0 Å². The van der Waals surface area contributed by atoms with Crippen LogP contribution in [0.4, 0.5) is 0 Å². The summed E-state index contributed by atoms with van der Waals surface area (Å²) < 4.78 is 5.07. The Morgan fingerprint density at radius 3 is 2.36 bits per heavy atom. The van der Waals surface area contributed by atoms with Gasteiger partial charge in [-0.15, -0.1) is 0 Å². The summed E-state index contributed by atoms with van der Waals surface area (Å²) >= 11 is 6.00. The highest BCUT2D eigenvalue weighted by molar-refractivity contribution is 6.46. The van der Waals surface area contributed by atoms with Crippen LogP contribution in [0.15, 0.2) is 54.1 Å². The van der Waals surface area contributed by atoms with Crippen LogP contribution >= 0.6 is 11.6 Å². The standard InChI is InChI=1S/C22H22ClNO4/c1-14-4-6-16(7-5-14)20(25)18-19(15-8-10-17(23)11-9-15)24(12-3-13-28-2)22(27)21(18)26/h4-11,19,25H,3,12-13H2,1-2H3/b20-18+/t19-/m0/s1. The van der Waals surface area contributed by atoms with Gasteiger partial charge in [0.25, 0.3) is 11.7 Å². The minimum absolute atomic E-state index is 0.0913. The zero-order valence-corrected chi connectivity index (χ0v) is 16.6. The van der Waals surface area contributed by atoms with Crippen LogP contribution in [0.2, 0.25) is 5.02 Å². The Kier molecular flexibility index (Phi) is 6.17. The maximum absolute atomic E-state index is 12.8. The molecule has 1 aliphatic rings. The molecule has 1 fully saturated rings. The van der Waals surface area contributed by atoms with Crippen molar-refractivity contribution in [2.24, 2.45) is 0 Å². The summed E-state index contributed by atoms with van der Waals surface area (Å²) in [6, 6.07) is 13.5. The van der Waals surface area contributed by atoms with Crippen LogP contribution in [0.3, 0.4) is 0 Å². The lowest BCUT2D eigenvalue weighted by atomic mass is 9.95. The molecule has 2 aromatic carbocycles. The summed E-state index contributed by atoms with van der Waals surface area (Å²) in [5, 5.41) is 11.5. The Bertz CT molecular complexity index is 903. The van der Waals surface area contributed by atoms with E-state index in [1.165, 1.54) is 4.90 Å². The number of carbonyl (C=O) groups excluding carboxylic acids is 2. The minimum atomic E-state index is -0.685. The van der Waals surface area contributed by atoms with Crippen molar-refractivity contribution in [3.05, 3.63) is 75.8 Å². The lowest BCUT2D eigenvalue weighted by molar-refractivity contribution is -0.140. The molecule has 0 bridgehead atoms. The molecule has 6 heteroatoms. The van der Waals surface area contributed by atoms with Crippen molar-refractivity contribution in [2.75, 3.05) is 20.3 Å². The second kappa shape index (κ2) is 8.59. The van der Waals surface area contributed by atoms with Gasteiger partial charge in [-0.3, -0.25) is 9.59 Å². The second-order valence-electron chi connectivity index (χ2n) is 6.76. The van der Waals surface area contributed by atoms with Gasteiger partial charge in [0.1, 0.15) is 5.76 Å². The second-order valence-corrected chi connectivity index (χ2v) is 7.19. The molecule has 1 aliphatic heterocycles. The molecule has 1 amide bonds. The minimum Gasteiger partial charge on any atom is -0.507 e. The van der Waals surface area contributed by atoms with Crippen LogP contribution in [0, 0.1) is 6.92 Å². The number of aliphatic hydroxyl groups is 1. The van der Waals surface area contributed by atoms with E-state index in [2.05, 4.69) is 0 Å². The molecule has 5 nitrogen and oxygen atoms in total. The first-order valence-electron chi connectivity index (χ1n) is 9.04. The Labute approximate surface area is 169 Å². The quantitative estimate of drug-likeness (QED) is 0.343. The van der Waals surface area contributed by atoms with E-state index in [1.54, 1.807) is 43.5 Å². The van der Waals surface area contributed by atoms with Gasteiger partial charge >= 0.3 is 0 Å². The fraction of sp³-hybridized carbons (Fsp3) is 0.273. The first-order chi connectivity index (χ1) is 13.4. The number of hydrogen-bond acceptors (Lipinski definition) is 4. The number of amides is 1. The van der Waals surface area contributed by atoms with Gasteiger partial charge in [0.15, 0.2) is 0 Å². The van der Waals surface area contributed by atoms with E-state index in [9.17, 15) is 14.7 Å². The van der Waals surface area contributed by atoms with Gasteiger partial charge in [0.2, 0.25) is 0 Å². The summed E-state index contributed by atoms with van der Waals surface area (Å²) in [6.45, 7) is 2.75. The molecule has 0 unspecified atom stereocenters. The SMILES string of the molecule is COCCCN1C(=O)C(=O)/C(=C(/O)c2ccc(C)cc2)[C@@H]1c1ccc(Cl)cc1. The third kappa shape index (κ3) is 3.96. The van der Waals surface area contributed by atoms with E-state index >= 15 is 0 Å². The maximum Gasteiger partial charge on any atom is 0.295 e. The molecule has 0 aliphatic carbocycles. The number of likely N-dealkylation sites (tertiary alicyclic amines) is 1. The molecule has 1 heterocycles. The van der Waals surface area contributed by atoms with E-state index < -0.39 is 17.7 Å². The highest BCUT2D eigenvalue weighted by atomic mass is 35.5. The molecule has 0 aromatic heterocycles. The van der Waals surface area contributed by atoms with Gasteiger partial charge in [0, 0.05) is 30.8 Å². The smallest absolute Gasteiger partial charge is 0.295 e. The molecule has 28 heavy (non-hydrogen) atoms. The zero-order valence-electron chi connectivity index (χ0n) is 15.8. The van der Waals surface area contributed by atoms with Gasteiger partial charge in [-0.05, 0) is 31.0 Å². The van der Waals surface area contributed by atoms with Gasteiger partial charge < -0.3 is 14.7 Å². The summed E-state index contributed by atoms with van der Waals surface area (Å²) in [7, 11) is 1.59. The lowest BCUT2D eigenvalue weighted by Gasteiger charge is -2.25. The van der Waals surface area contributed by atoms with Gasteiger partial charge in [0.05, 0.1) is 11.6 Å². The fourth-order valence-electron chi connectivity index (χ4n) is 3.35. The average molecular weight is 400 g/mol. The highest BCUT2D eigenvalue weighted by Gasteiger charge is 2.45. The number of halogens is 1. The van der Waals surface area contributed by atoms with Gasteiger partial charge in [-0.2, -0.15) is 0 Å². The number of rotatable bonds is 6. The number of benzene rings is 2. The third-order valence-corrected chi connectivity index (χ3v) is 5.05. The number of aliphatic hydroxyl groups excluding tert-OH is 1. The van der Waals surface area contributed by atoms with Gasteiger partial charge in [-0.25, -0.2) is 0 Å². The normalized spacial score (nSPS) is 18.7. The summed E-state index contributed by atoms with van der Waals surface area (Å²) in [6.07, 6.45) is 0.582. The molecule has 0 radical (unpaired) electrons. The summed E-state index contributed by atoms with van der Waals surface area (Å²) in [4.78, 5) is 27.0. The number of carbonyl (C=O) groups is 2. The topological polar surface area (TPSA) is 66.8 Å². The zero-order chi connectivity index (χ0) is 20.3. The largest absolute Gasteiger partial charge is 0.507 e. The Hall–Kier alpha value is -2.63. The van der Waals surface area contributed by atoms with Crippen molar-refractivity contribution in [2.45, 2.75) is 19.4 Å². The first kappa shape index (κ1) is 20.1. The Morgan fingerprint density at radius 1 is 1.11 bits per heavy atom. The number of Topliss-reactive ketones (excluding diaryl/α,β-unsaturated/α-hetero) is 1. The molecule has 1 saturated heterocycles. The molecular formula is C22H22ClNO4. The van der Waals surface area contributed by atoms with E-state index in [4.69, 9.17) is 16.3 Å². The lowest BCUT2D eigenvalue weighted by Crippen LogP contribution is -2.31. The van der Waals surface area contributed by atoms with E-state index in [-0.39, 0.29) is 11.3 Å². The van der Waals surface area contributed by atoms with Crippen LogP contribution in [-0.4, -0.2) is 42.0 Å². The molecule has 1 atom stereocenters. The molecular weight excluding hydrogens is 378 g/mol. The molecule has 1 N–H and O–H groups in total. The van der Waals surface area contributed by atoms with Crippen LogP contribution in [-0.2, 0) is 14.3 Å². The number of aryl methyl sites for hydroxylation is 1. The van der Waals surface area contributed by atoms with Crippen LogP contribution < -0.4 is 0 Å². The molecule has 0 saturated carbocycles. The van der Waals surface area contributed by atoms with E-state index in [0.717, 1.165) is 11.1 Å². The number of ether oxygens (including phenoxy) is 1. The predicted octanol–water partition coefficient (Wildman–Crippen LogP) is 4.11. The first-order valence-corrected chi connectivity index (χ1v) is 9.41. The van der Waals surface area contributed by atoms with Crippen LogP contribution in [0.1, 0.15) is 29.2 Å². The van der Waals surface area contributed by atoms with E-state index in [0.29, 0.717) is 30.2 Å². The van der Waals surface area contributed by atoms with Gasteiger partial charge in [-0.1, -0.05) is 53.6 Å².